The fourth-order valence-corrected chi connectivity index (χ4v) is 1.37. The van der Waals surface area contributed by atoms with Gasteiger partial charge < -0.3 is 22.4 Å². The fourth-order valence-electron chi connectivity index (χ4n) is 1.37. The lowest BCUT2D eigenvalue weighted by Gasteiger charge is -2.14. The van der Waals surface area contributed by atoms with Crippen LogP contribution in [0.4, 0.5) is 5.69 Å². The van der Waals surface area contributed by atoms with Crippen LogP contribution in [0.3, 0.4) is 0 Å². The maximum absolute atomic E-state index is 10.4. The molecule has 1 unspecified atom stereocenters. The van der Waals surface area contributed by atoms with Gasteiger partial charge in [-0.3, -0.25) is 10.1 Å². The first-order valence-electron chi connectivity index (χ1n) is 5.08. The maximum Gasteiger partial charge on any atom is 0.269 e. The van der Waals surface area contributed by atoms with Crippen molar-refractivity contribution >= 4 is 5.69 Å². The zero-order valence-electron chi connectivity index (χ0n) is 9.84. The largest absolute Gasteiger partial charge is 1.00 e. The van der Waals surface area contributed by atoms with E-state index in [1.165, 1.54) is 12.1 Å². The summed E-state index contributed by atoms with van der Waals surface area (Å²) in [5.74, 6) is 0. The molecular formula is C11H16ClN2O3-. The molecule has 0 amide bonds. The van der Waals surface area contributed by atoms with E-state index in [0.29, 0.717) is 12.0 Å². The van der Waals surface area contributed by atoms with Crippen LogP contribution in [0, 0.1) is 10.1 Å². The van der Waals surface area contributed by atoms with Gasteiger partial charge in [0.2, 0.25) is 0 Å². The molecule has 17 heavy (non-hydrogen) atoms. The highest BCUT2D eigenvalue weighted by atomic mass is 35.5. The number of aliphatic hydroxyl groups excluding tert-OH is 1. The number of nitrogens with zero attached hydrogens (tertiary/aromatic N) is 2. The topological polar surface area (TPSA) is 66.6 Å². The predicted molar refractivity (Wildman–Crippen MR) is 61.2 cm³/mol. The molecule has 1 rings (SSSR count). The number of nitro benzene ring substituents is 1. The minimum absolute atomic E-state index is 0. The van der Waals surface area contributed by atoms with Crippen molar-refractivity contribution in [2.45, 2.75) is 12.5 Å². The summed E-state index contributed by atoms with van der Waals surface area (Å²) in [5, 5.41) is 20.2. The highest BCUT2D eigenvalue weighted by Crippen LogP contribution is 2.19. The normalized spacial score (nSPS) is 12.0. The molecule has 5 nitrogen and oxygen atoms in total. The average molecular weight is 260 g/mol. The third-order valence-corrected chi connectivity index (χ3v) is 2.34. The van der Waals surface area contributed by atoms with E-state index in [4.69, 9.17) is 0 Å². The highest BCUT2D eigenvalue weighted by Gasteiger charge is 2.10. The van der Waals surface area contributed by atoms with Crippen LogP contribution in [-0.4, -0.2) is 35.6 Å². The zero-order chi connectivity index (χ0) is 12.1. The van der Waals surface area contributed by atoms with E-state index in [9.17, 15) is 15.2 Å². The van der Waals surface area contributed by atoms with Crippen LogP contribution < -0.4 is 12.4 Å². The minimum atomic E-state index is -0.566. The second-order valence-electron chi connectivity index (χ2n) is 3.96. The Hall–Kier alpha value is -1.17. The summed E-state index contributed by atoms with van der Waals surface area (Å²) in [6, 6.07) is 6.01. The van der Waals surface area contributed by atoms with E-state index in [-0.39, 0.29) is 18.1 Å². The smallest absolute Gasteiger partial charge is 0.269 e. The number of aliphatic hydroxyl groups is 1. The molecule has 1 N–H and O–H groups in total. The Balaban J connectivity index is 0.00000256. The number of rotatable bonds is 5. The second-order valence-corrected chi connectivity index (χ2v) is 3.96. The average Bonchev–Trinajstić information content (AvgIpc) is 2.26. The lowest BCUT2D eigenvalue weighted by atomic mass is 10.1. The van der Waals surface area contributed by atoms with Gasteiger partial charge in [0.1, 0.15) is 0 Å². The standard InChI is InChI=1S/C11H16N2O3.ClH/c1-12(2)8-7-11(14)9-3-5-10(6-4-9)13(15)16;/h3-6,11,14H,7-8H2,1-2H3;1H/p-1. The number of non-ortho nitro benzene ring substituents is 1. The van der Waals surface area contributed by atoms with Gasteiger partial charge in [0, 0.05) is 18.7 Å². The summed E-state index contributed by atoms with van der Waals surface area (Å²) < 4.78 is 0. The van der Waals surface area contributed by atoms with Crippen molar-refractivity contribution in [1.82, 2.24) is 4.90 Å². The quantitative estimate of drug-likeness (QED) is 0.521. The lowest BCUT2D eigenvalue weighted by molar-refractivity contribution is -0.384. The molecule has 1 aromatic carbocycles. The molecule has 0 fully saturated rings. The molecule has 0 radical (unpaired) electrons. The molecule has 0 bridgehead atoms. The first-order chi connectivity index (χ1) is 7.50. The Morgan fingerprint density at radius 1 is 1.35 bits per heavy atom. The molecule has 0 aliphatic rings. The molecule has 0 saturated carbocycles. The Kier molecular flexibility index (Phi) is 6.72. The minimum Gasteiger partial charge on any atom is -1.00 e. The van der Waals surface area contributed by atoms with Crippen LogP contribution in [0.25, 0.3) is 0 Å². The van der Waals surface area contributed by atoms with Crippen LogP contribution in [-0.2, 0) is 0 Å². The summed E-state index contributed by atoms with van der Waals surface area (Å²) in [4.78, 5) is 12.0. The number of hydrogen-bond donors (Lipinski definition) is 1. The van der Waals surface area contributed by atoms with Crippen molar-refractivity contribution in [3.8, 4) is 0 Å². The van der Waals surface area contributed by atoms with Crippen LogP contribution in [0.2, 0.25) is 0 Å². The molecule has 0 aromatic heterocycles. The van der Waals surface area contributed by atoms with Crippen LogP contribution in [0.5, 0.6) is 0 Å². The SMILES string of the molecule is CN(C)CCC(O)c1ccc([N+](=O)[O-])cc1.[Cl-]. The van der Waals surface area contributed by atoms with Gasteiger partial charge in [0.05, 0.1) is 11.0 Å². The van der Waals surface area contributed by atoms with Crippen molar-refractivity contribution in [2.75, 3.05) is 20.6 Å². The van der Waals surface area contributed by atoms with Gasteiger partial charge in [0.15, 0.2) is 0 Å². The number of halogens is 1. The lowest BCUT2D eigenvalue weighted by Crippen LogP contribution is -3.00. The molecular weight excluding hydrogens is 244 g/mol. The second kappa shape index (κ2) is 7.21. The Morgan fingerprint density at radius 2 is 1.88 bits per heavy atom. The van der Waals surface area contributed by atoms with Crippen molar-refractivity contribution in [2.24, 2.45) is 0 Å². The van der Waals surface area contributed by atoms with Gasteiger partial charge in [-0.1, -0.05) is 0 Å². The molecule has 96 valence electrons. The van der Waals surface area contributed by atoms with Gasteiger partial charge in [0.25, 0.3) is 5.69 Å². The first kappa shape index (κ1) is 15.8. The van der Waals surface area contributed by atoms with Crippen LogP contribution in [0.15, 0.2) is 24.3 Å². The van der Waals surface area contributed by atoms with Gasteiger partial charge in [-0.2, -0.15) is 0 Å². The maximum atomic E-state index is 10.4. The van der Waals surface area contributed by atoms with Gasteiger partial charge >= 0.3 is 0 Å². The summed E-state index contributed by atoms with van der Waals surface area (Å²) in [6.07, 6.45) is 0.0494. The number of benzene rings is 1. The fraction of sp³-hybridized carbons (Fsp3) is 0.455. The number of hydrogen-bond acceptors (Lipinski definition) is 4. The molecule has 0 heterocycles. The van der Waals surface area contributed by atoms with Gasteiger partial charge in [-0.15, -0.1) is 0 Å². The molecule has 0 aliphatic heterocycles. The summed E-state index contributed by atoms with van der Waals surface area (Å²) in [5.41, 5.74) is 0.760. The van der Waals surface area contributed by atoms with Crippen LogP contribution in [0.1, 0.15) is 18.1 Å². The van der Waals surface area contributed by atoms with E-state index in [0.717, 1.165) is 6.54 Å². The third-order valence-electron chi connectivity index (χ3n) is 2.34. The van der Waals surface area contributed by atoms with E-state index in [1.807, 2.05) is 19.0 Å². The summed E-state index contributed by atoms with van der Waals surface area (Å²) in [6.45, 7) is 0.776. The van der Waals surface area contributed by atoms with Crippen molar-refractivity contribution in [3.63, 3.8) is 0 Å². The zero-order valence-corrected chi connectivity index (χ0v) is 10.6. The Morgan fingerprint density at radius 3 is 2.29 bits per heavy atom. The Labute approximate surface area is 107 Å². The van der Waals surface area contributed by atoms with E-state index < -0.39 is 11.0 Å². The molecule has 0 aliphatic carbocycles. The molecule has 0 spiro atoms. The Bertz CT molecular complexity index is 354. The molecule has 6 heteroatoms. The highest BCUT2D eigenvalue weighted by molar-refractivity contribution is 5.33. The molecule has 1 aromatic rings. The van der Waals surface area contributed by atoms with Gasteiger partial charge in [-0.05, 0) is 38.2 Å². The van der Waals surface area contributed by atoms with E-state index >= 15 is 0 Å². The third kappa shape index (κ3) is 5.12. The number of nitro groups is 1. The van der Waals surface area contributed by atoms with Crippen molar-refractivity contribution in [1.29, 1.82) is 0 Å². The summed E-state index contributed by atoms with van der Waals surface area (Å²) in [7, 11) is 3.87. The monoisotopic (exact) mass is 259 g/mol. The van der Waals surface area contributed by atoms with Crippen LogP contribution >= 0.6 is 0 Å². The first-order valence-corrected chi connectivity index (χ1v) is 5.08. The van der Waals surface area contributed by atoms with Crippen molar-refractivity contribution < 1.29 is 22.4 Å². The van der Waals surface area contributed by atoms with E-state index in [1.54, 1.807) is 12.1 Å². The predicted octanol–water partition coefficient (Wildman–Crippen LogP) is -1.42. The van der Waals surface area contributed by atoms with Gasteiger partial charge in [-0.25, -0.2) is 0 Å². The molecule has 0 saturated heterocycles. The van der Waals surface area contributed by atoms with Crippen molar-refractivity contribution in [3.05, 3.63) is 39.9 Å². The molecule has 1 atom stereocenters. The van der Waals surface area contributed by atoms with E-state index in [2.05, 4.69) is 0 Å². The summed E-state index contributed by atoms with van der Waals surface area (Å²) >= 11 is 0.